The van der Waals surface area contributed by atoms with Gasteiger partial charge in [0.05, 0.1) is 12.1 Å². The van der Waals surface area contributed by atoms with E-state index in [1.165, 1.54) is 21.6 Å². The van der Waals surface area contributed by atoms with Crippen LogP contribution in [0.5, 0.6) is 0 Å². The van der Waals surface area contributed by atoms with Crippen molar-refractivity contribution in [2.24, 2.45) is 0 Å². The van der Waals surface area contributed by atoms with Crippen LogP contribution in [0.2, 0.25) is 0 Å². The molecule has 4 atom stereocenters. The minimum atomic E-state index is -1.04. The molecule has 3 fully saturated rings. The van der Waals surface area contributed by atoms with Crippen LogP contribution in [0.1, 0.15) is 38.5 Å². The van der Waals surface area contributed by atoms with Crippen LogP contribution in [0, 0.1) is 0 Å². The van der Waals surface area contributed by atoms with Crippen LogP contribution in [0.3, 0.4) is 0 Å². The number of nitrogens with zero attached hydrogens (tertiary/aromatic N) is 2. The van der Waals surface area contributed by atoms with Crippen LogP contribution in [-0.2, 0) is 24.0 Å². The number of fused-ring (bicyclic) bond motifs is 1. The lowest BCUT2D eigenvalue weighted by atomic mass is 10.0. The second kappa shape index (κ2) is 12.7. The average Bonchev–Trinajstić information content (AvgIpc) is 3.52. The number of amides is 5. The lowest BCUT2D eigenvalue weighted by Gasteiger charge is -2.20. The normalized spacial score (nSPS) is 23.7. The van der Waals surface area contributed by atoms with Gasteiger partial charge in [0.1, 0.15) is 11.1 Å². The Balaban J connectivity index is 1.24. The Morgan fingerprint density at radius 1 is 1.19 bits per heavy atom. The quantitative estimate of drug-likeness (QED) is 0.151. The van der Waals surface area contributed by atoms with Crippen LogP contribution >= 0.6 is 33.3 Å². The Morgan fingerprint density at radius 3 is 2.75 bits per heavy atom. The van der Waals surface area contributed by atoms with Gasteiger partial charge in [-0.15, -0.1) is 5.06 Å². The van der Waals surface area contributed by atoms with Gasteiger partial charge in [0, 0.05) is 42.2 Å². The number of hydroxylamine groups is 2. The minimum Gasteiger partial charge on any atom is -0.342 e. The maximum atomic E-state index is 12.7. The maximum absolute atomic E-state index is 12.7. The van der Waals surface area contributed by atoms with Crippen molar-refractivity contribution in [3.63, 3.8) is 0 Å². The van der Waals surface area contributed by atoms with Gasteiger partial charge in [0.2, 0.25) is 5.91 Å². The summed E-state index contributed by atoms with van der Waals surface area (Å²) in [6, 6.07) is 4.59. The molecule has 1 aromatic heterocycles. The standard InChI is InChI=1S/C22H27N5O6S3/c28-16(6-2-1-5-15-20-13(11-34-15)25-22(32)26-20)24-14(12-35-36-17-7-3-4-10-23-17)21(31)33-27-18(29)8-9-19(27)30/h3-4,7,10,13-15,20H,1-2,5-6,8-9,11-12H2,(H,24,28)(H2,25,26,32)/t13?,14-,15-,20?/m0/s1. The predicted molar refractivity (Wildman–Crippen MR) is 136 cm³/mol. The summed E-state index contributed by atoms with van der Waals surface area (Å²) in [5, 5.41) is 10.1. The van der Waals surface area contributed by atoms with Crippen LogP contribution in [0.15, 0.2) is 29.4 Å². The van der Waals surface area contributed by atoms with Crippen molar-refractivity contribution in [1.29, 1.82) is 0 Å². The molecule has 3 aliphatic heterocycles. The molecular weight excluding hydrogens is 526 g/mol. The predicted octanol–water partition coefficient (Wildman–Crippen LogP) is 1.64. The van der Waals surface area contributed by atoms with E-state index in [0.29, 0.717) is 16.7 Å². The Kier molecular flexibility index (Phi) is 9.37. The molecule has 0 bridgehead atoms. The Bertz CT molecular complexity index is 984. The number of carbonyl (C=O) groups excluding carboxylic acids is 5. The second-order valence-corrected chi connectivity index (χ2v) is 12.1. The van der Waals surface area contributed by atoms with Crippen molar-refractivity contribution < 1.29 is 28.8 Å². The zero-order valence-electron chi connectivity index (χ0n) is 19.3. The fourth-order valence-corrected chi connectivity index (χ4v) is 7.68. The number of urea groups is 1. The van der Waals surface area contributed by atoms with Gasteiger partial charge >= 0.3 is 12.0 Å². The van der Waals surface area contributed by atoms with Crippen molar-refractivity contribution in [3.8, 4) is 0 Å². The van der Waals surface area contributed by atoms with Crippen molar-refractivity contribution in [3.05, 3.63) is 24.4 Å². The summed E-state index contributed by atoms with van der Waals surface area (Å²) >= 11 is 1.82. The number of aromatic nitrogens is 1. The summed E-state index contributed by atoms with van der Waals surface area (Å²) in [6.07, 6.45) is 4.18. The first kappa shape index (κ1) is 26.6. The third-order valence-corrected chi connectivity index (χ3v) is 9.69. The molecule has 5 amide bonds. The summed E-state index contributed by atoms with van der Waals surface area (Å²) < 4.78 is 0. The first-order valence-electron chi connectivity index (χ1n) is 11.7. The SMILES string of the molecule is O=C(CCCC[C@@H]1SCC2NC(=O)NC21)N[C@@H](CSSc1ccccn1)C(=O)ON1C(=O)CCC1=O. The molecule has 3 N–H and O–H groups in total. The molecule has 14 heteroatoms. The van der Waals surface area contributed by atoms with Gasteiger partial charge in [0.15, 0.2) is 0 Å². The molecule has 4 rings (SSSR count). The number of thioether (sulfide) groups is 1. The molecule has 0 spiro atoms. The third-order valence-electron chi connectivity index (χ3n) is 5.90. The molecular formula is C22H27N5O6S3. The number of hydrogen-bond acceptors (Lipinski definition) is 10. The second-order valence-electron chi connectivity index (χ2n) is 8.52. The number of hydrogen-bond donors (Lipinski definition) is 3. The maximum Gasteiger partial charge on any atom is 0.356 e. The van der Waals surface area contributed by atoms with Gasteiger partial charge in [-0.25, -0.2) is 14.6 Å². The number of imide groups is 1. The fourth-order valence-electron chi connectivity index (χ4n) is 4.08. The molecule has 0 saturated carbocycles. The highest BCUT2D eigenvalue weighted by Gasteiger charge is 2.42. The minimum absolute atomic E-state index is 0.00591. The summed E-state index contributed by atoms with van der Waals surface area (Å²) in [4.78, 5) is 69.8. The molecule has 3 saturated heterocycles. The van der Waals surface area contributed by atoms with E-state index in [1.807, 2.05) is 23.9 Å². The van der Waals surface area contributed by atoms with Crippen molar-refractivity contribution in [1.82, 2.24) is 26.0 Å². The Morgan fingerprint density at radius 2 is 2.00 bits per heavy atom. The van der Waals surface area contributed by atoms with Crippen LogP contribution in [-0.4, -0.2) is 74.7 Å². The van der Waals surface area contributed by atoms with E-state index in [0.717, 1.165) is 23.6 Å². The highest BCUT2D eigenvalue weighted by molar-refractivity contribution is 8.76. The molecule has 1 aromatic rings. The van der Waals surface area contributed by atoms with Crippen LogP contribution < -0.4 is 16.0 Å². The van der Waals surface area contributed by atoms with E-state index in [1.54, 1.807) is 12.3 Å². The zero-order chi connectivity index (χ0) is 25.5. The number of pyridine rings is 1. The van der Waals surface area contributed by atoms with Crippen molar-refractivity contribution in [2.75, 3.05) is 11.5 Å². The zero-order valence-corrected chi connectivity index (χ0v) is 21.8. The van der Waals surface area contributed by atoms with E-state index in [-0.39, 0.29) is 49.0 Å². The molecule has 2 unspecified atom stereocenters. The van der Waals surface area contributed by atoms with Gasteiger partial charge < -0.3 is 20.8 Å². The van der Waals surface area contributed by atoms with Gasteiger partial charge in [0.25, 0.3) is 11.8 Å². The van der Waals surface area contributed by atoms with Gasteiger partial charge in [-0.2, -0.15) is 11.8 Å². The molecule has 0 aromatic carbocycles. The lowest BCUT2D eigenvalue weighted by Crippen LogP contribution is -2.46. The van der Waals surface area contributed by atoms with Crippen molar-refractivity contribution in [2.45, 2.75) is 66.9 Å². The van der Waals surface area contributed by atoms with E-state index in [4.69, 9.17) is 4.84 Å². The molecule has 11 nitrogen and oxygen atoms in total. The largest absolute Gasteiger partial charge is 0.356 e. The number of rotatable bonds is 12. The van der Waals surface area contributed by atoms with Crippen LogP contribution in [0.4, 0.5) is 4.79 Å². The first-order valence-corrected chi connectivity index (χ1v) is 15.0. The summed E-state index contributed by atoms with van der Waals surface area (Å²) in [7, 11) is 2.65. The molecule has 3 aliphatic rings. The monoisotopic (exact) mass is 553 g/mol. The fraction of sp³-hybridized carbons (Fsp3) is 0.545. The molecule has 194 valence electrons. The molecule has 4 heterocycles. The van der Waals surface area contributed by atoms with Gasteiger partial charge in [-0.1, -0.05) is 23.3 Å². The average molecular weight is 554 g/mol. The molecule has 36 heavy (non-hydrogen) atoms. The van der Waals surface area contributed by atoms with Crippen LogP contribution in [0.25, 0.3) is 0 Å². The smallest absolute Gasteiger partial charge is 0.342 e. The van der Waals surface area contributed by atoms with E-state index in [2.05, 4.69) is 20.9 Å². The number of unbranched alkanes of at least 4 members (excludes halogenated alkanes) is 1. The summed E-state index contributed by atoms with van der Waals surface area (Å²) in [5.41, 5.74) is 0. The van der Waals surface area contributed by atoms with E-state index in [9.17, 15) is 24.0 Å². The lowest BCUT2D eigenvalue weighted by molar-refractivity contribution is -0.198. The van der Waals surface area contributed by atoms with E-state index >= 15 is 0 Å². The highest BCUT2D eigenvalue weighted by atomic mass is 33.1. The number of carbonyl (C=O) groups is 5. The number of nitrogens with one attached hydrogen (secondary N) is 3. The first-order chi connectivity index (χ1) is 17.4. The summed E-state index contributed by atoms with van der Waals surface area (Å²) in [5.74, 6) is -1.28. The van der Waals surface area contributed by atoms with Crippen molar-refractivity contribution >= 4 is 63.1 Å². The summed E-state index contributed by atoms with van der Waals surface area (Å²) in [6.45, 7) is 0. The highest BCUT2D eigenvalue weighted by Crippen LogP contribution is 2.33. The van der Waals surface area contributed by atoms with E-state index < -0.39 is 23.8 Å². The third kappa shape index (κ3) is 7.07. The molecule has 0 aliphatic carbocycles. The Hall–Kier alpha value is -2.45. The van der Waals surface area contributed by atoms with Gasteiger partial charge in [-0.3, -0.25) is 14.4 Å². The Labute approximate surface area is 220 Å². The topological polar surface area (TPSA) is 147 Å². The molecule has 0 radical (unpaired) electrons. The van der Waals surface area contributed by atoms with Gasteiger partial charge in [-0.05, 0) is 35.8 Å².